The van der Waals surface area contributed by atoms with Gasteiger partial charge in [0, 0.05) is 12.7 Å². The largest absolute Gasteiger partial charge is 0.378 e. The lowest BCUT2D eigenvalue weighted by Crippen LogP contribution is -2.03. The number of aromatic nitrogens is 2. The molecule has 0 unspecified atom stereocenters. The molecule has 0 N–H and O–H groups in total. The first-order chi connectivity index (χ1) is 9.17. The van der Waals surface area contributed by atoms with Crippen molar-refractivity contribution in [2.75, 3.05) is 7.11 Å². The average Bonchev–Trinajstić information content (AvgIpc) is 2.43. The Labute approximate surface area is 131 Å². The van der Waals surface area contributed by atoms with Crippen LogP contribution in [0.1, 0.15) is 18.2 Å². The van der Waals surface area contributed by atoms with Gasteiger partial charge in [-0.3, -0.25) is 0 Å². The molecule has 0 fully saturated rings. The minimum atomic E-state index is 0.432. The van der Waals surface area contributed by atoms with Crippen LogP contribution in [-0.4, -0.2) is 17.1 Å². The molecule has 0 saturated heterocycles. The van der Waals surface area contributed by atoms with E-state index in [1.807, 2.05) is 18.2 Å². The van der Waals surface area contributed by atoms with Gasteiger partial charge in [-0.15, -0.1) is 0 Å². The van der Waals surface area contributed by atoms with E-state index in [-0.39, 0.29) is 0 Å². The Hall–Kier alpha value is -0.720. The van der Waals surface area contributed by atoms with E-state index in [0.29, 0.717) is 17.6 Å². The molecule has 19 heavy (non-hydrogen) atoms. The van der Waals surface area contributed by atoms with Crippen LogP contribution in [0.5, 0.6) is 0 Å². The molecule has 2 rings (SSSR count). The van der Waals surface area contributed by atoms with E-state index >= 15 is 0 Å². The van der Waals surface area contributed by atoms with Crippen molar-refractivity contribution >= 4 is 34.2 Å². The fraction of sp³-hybridized carbons (Fsp3) is 0.286. The summed E-state index contributed by atoms with van der Waals surface area (Å²) in [5.41, 5.74) is 3.06. The van der Waals surface area contributed by atoms with Crippen molar-refractivity contribution in [3.8, 4) is 11.4 Å². The van der Waals surface area contributed by atoms with Crippen LogP contribution >= 0.6 is 34.2 Å². The van der Waals surface area contributed by atoms with E-state index in [4.69, 9.17) is 16.3 Å². The second kappa shape index (κ2) is 6.63. The van der Waals surface area contributed by atoms with Crippen LogP contribution in [0, 0.1) is 3.57 Å². The molecule has 0 bridgehead atoms. The third kappa shape index (κ3) is 3.24. The van der Waals surface area contributed by atoms with Gasteiger partial charge < -0.3 is 4.74 Å². The second-order valence-electron chi connectivity index (χ2n) is 4.04. The van der Waals surface area contributed by atoms with Gasteiger partial charge in [0.25, 0.3) is 0 Å². The highest BCUT2D eigenvalue weighted by atomic mass is 127. The van der Waals surface area contributed by atoms with Crippen molar-refractivity contribution in [3.05, 3.63) is 44.2 Å². The summed E-state index contributed by atoms with van der Waals surface area (Å²) in [5.74, 6) is 0.662. The van der Waals surface area contributed by atoms with E-state index in [2.05, 4.69) is 45.5 Å². The predicted molar refractivity (Wildman–Crippen MR) is 85.3 cm³/mol. The summed E-state index contributed by atoms with van der Waals surface area (Å²) >= 11 is 8.33. The number of methoxy groups -OCH3 is 1. The molecule has 0 aliphatic heterocycles. The van der Waals surface area contributed by atoms with Gasteiger partial charge in [-0.2, -0.15) is 0 Å². The summed E-state index contributed by atoms with van der Waals surface area (Å²) in [4.78, 5) is 8.96. The van der Waals surface area contributed by atoms with Gasteiger partial charge >= 0.3 is 0 Å². The van der Waals surface area contributed by atoms with Crippen LogP contribution in [0.15, 0.2) is 24.3 Å². The summed E-state index contributed by atoms with van der Waals surface area (Å²) in [5, 5.41) is 0.476. The van der Waals surface area contributed by atoms with Crippen molar-refractivity contribution in [2.45, 2.75) is 20.0 Å². The fourth-order valence-electron chi connectivity index (χ4n) is 1.86. The Morgan fingerprint density at radius 1 is 1.26 bits per heavy atom. The lowest BCUT2D eigenvalue weighted by molar-refractivity contribution is 0.181. The maximum Gasteiger partial charge on any atom is 0.161 e. The number of benzene rings is 1. The number of nitrogens with zero attached hydrogens (tertiary/aromatic N) is 2. The minimum absolute atomic E-state index is 0.432. The normalized spacial score (nSPS) is 10.7. The first-order valence-electron chi connectivity index (χ1n) is 5.96. The zero-order chi connectivity index (χ0) is 13.8. The molecule has 1 aromatic carbocycles. The zero-order valence-electron chi connectivity index (χ0n) is 10.8. The summed E-state index contributed by atoms with van der Waals surface area (Å²) in [6, 6.07) is 8.11. The van der Waals surface area contributed by atoms with Crippen LogP contribution in [0.25, 0.3) is 11.4 Å². The molecule has 5 heteroatoms. The third-order valence-corrected chi connectivity index (χ3v) is 4.53. The lowest BCUT2D eigenvalue weighted by atomic mass is 10.0. The topological polar surface area (TPSA) is 35.0 Å². The van der Waals surface area contributed by atoms with Crippen LogP contribution in [-0.2, 0) is 17.8 Å². The van der Waals surface area contributed by atoms with Crippen molar-refractivity contribution in [2.24, 2.45) is 0 Å². The molecule has 0 aliphatic carbocycles. The smallest absolute Gasteiger partial charge is 0.161 e. The Bertz CT molecular complexity index is 590. The Balaban J connectivity index is 2.56. The van der Waals surface area contributed by atoms with E-state index in [1.165, 1.54) is 5.56 Å². The third-order valence-electron chi connectivity index (χ3n) is 2.80. The predicted octanol–water partition coefficient (Wildman–Crippen LogP) is 4.11. The molecular formula is C14H14ClIN2O. The molecule has 1 heterocycles. The van der Waals surface area contributed by atoms with Gasteiger partial charge in [-0.05, 0) is 34.6 Å². The molecule has 3 nitrogen and oxygen atoms in total. The lowest BCUT2D eigenvalue weighted by Gasteiger charge is -2.10. The molecular weight excluding hydrogens is 375 g/mol. The summed E-state index contributed by atoms with van der Waals surface area (Å²) in [6.45, 7) is 2.55. The number of aryl methyl sites for hydroxylation is 1. The number of ether oxygens (including phenoxy) is 1. The van der Waals surface area contributed by atoms with E-state index < -0.39 is 0 Å². The summed E-state index contributed by atoms with van der Waals surface area (Å²) in [7, 11) is 1.64. The Morgan fingerprint density at radius 2 is 2.00 bits per heavy atom. The highest BCUT2D eigenvalue weighted by molar-refractivity contribution is 14.1. The highest BCUT2D eigenvalue weighted by Gasteiger charge is 2.13. The maximum atomic E-state index is 6.19. The van der Waals surface area contributed by atoms with Gasteiger partial charge in [-0.25, -0.2) is 9.97 Å². The summed E-state index contributed by atoms with van der Waals surface area (Å²) in [6.07, 6.45) is 0.933. The first-order valence-corrected chi connectivity index (χ1v) is 7.42. The van der Waals surface area contributed by atoms with Gasteiger partial charge in [0.1, 0.15) is 5.15 Å². The van der Waals surface area contributed by atoms with Gasteiger partial charge in [0.05, 0.1) is 15.9 Å². The monoisotopic (exact) mass is 388 g/mol. The zero-order valence-corrected chi connectivity index (χ0v) is 13.7. The molecule has 0 atom stereocenters. The standard InChI is InChI=1S/C14H14ClIN2O/c1-3-9-6-4-5-7-10(9)14-17-11(8-19-2)12(16)13(15)18-14/h4-7H,3,8H2,1-2H3. The van der Waals surface area contributed by atoms with Crippen molar-refractivity contribution in [1.82, 2.24) is 9.97 Å². The average molecular weight is 389 g/mol. The maximum absolute atomic E-state index is 6.19. The van der Waals surface area contributed by atoms with Crippen LogP contribution in [0.3, 0.4) is 0 Å². The van der Waals surface area contributed by atoms with Gasteiger partial charge in [0.2, 0.25) is 0 Å². The molecule has 100 valence electrons. The first kappa shape index (κ1) is 14.7. The van der Waals surface area contributed by atoms with Crippen molar-refractivity contribution < 1.29 is 4.74 Å². The van der Waals surface area contributed by atoms with E-state index in [9.17, 15) is 0 Å². The van der Waals surface area contributed by atoms with Gasteiger partial charge in [0.15, 0.2) is 5.82 Å². The molecule has 1 aromatic heterocycles. The van der Waals surface area contributed by atoms with Crippen LogP contribution in [0.2, 0.25) is 5.15 Å². The minimum Gasteiger partial charge on any atom is -0.378 e. The fourth-order valence-corrected chi connectivity index (χ4v) is 2.45. The highest BCUT2D eigenvalue weighted by Crippen LogP contribution is 2.26. The second-order valence-corrected chi connectivity index (χ2v) is 5.48. The molecule has 0 radical (unpaired) electrons. The molecule has 2 aromatic rings. The van der Waals surface area contributed by atoms with Crippen molar-refractivity contribution in [1.29, 1.82) is 0 Å². The van der Waals surface area contributed by atoms with Crippen LogP contribution in [0.4, 0.5) is 0 Å². The number of rotatable bonds is 4. The SMILES string of the molecule is CCc1ccccc1-c1nc(Cl)c(I)c(COC)n1. The number of halogens is 2. The molecule has 0 spiro atoms. The quantitative estimate of drug-likeness (QED) is 0.584. The number of hydrogen-bond acceptors (Lipinski definition) is 3. The molecule has 0 saturated carbocycles. The van der Waals surface area contributed by atoms with Crippen LogP contribution < -0.4 is 0 Å². The van der Waals surface area contributed by atoms with E-state index in [1.54, 1.807) is 7.11 Å². The molecule has 0 aliphatic rings. The Kier molecular flexibility index (Phi) is 5.13. The Morgan fingerprint density at radius 3 is 2.68 bits per heavy atom. The molecule has 0 amide bonds. The summed E-state index contributed by atoms with van der Waals surface area (Å²) < 4.78 is 6.00. The van der Waals surface area contributed by atoms with E-state index in [0.717, 1.165) is 21.2 Å². The van der Waals surface area contributed by atoms with Crippen molar-refractivity contribution in [3.63, 3.8) is 0 Å². The number of hydrogen-bond donors (Lipinski definition) is 0. The van der Waals surface area contributed by atoms with Gasteiger partial charge in [-0.1, -0.05) is 42.8 Å².